The molecule has 1 unspecified atom stereocenters. The molecule has 0 spiro atoms. The van der Waals surface area contributed by atoms with E-state index in [1.54, 1.807) is 23.7 Å². The average Bonchev–Trinajstić information content (AvgIpc) is 2.87. The topological polar surface area (TPSA) is 30.0 Å². The standard InChI is InChI=1S/C14H15NOS/c1-3-12-4-5-13(17-12)14(16)10(2)11-6-8-15-9-7-11/h4-10H,3H2,1-2H3. The number of rotatable bonds is 4. The highest BCUT2D eigenvalue weighted by atomic mass is 32.1. The summed E-state index contributed by atoms with van der Waals surface area (Å²) in [6.07, 6.45) is 4.44. The quantitative estimate of drug-likeness (QED) is 0.769. The molecular weight excluding hydrogens is 230 g/mol. The van der Waals surface area contributed by atoms with Crippen molar-refractivity contribution in [3.8, 4) is 0 Å². The van der Waals surface area contributed by atoms with Crippen LogP contribution < -0.4 is 0 Å². The van der Waals surface area contributed by atoms with Gasteiger partial charge < -0.3 is 0 Å². The Morgan fingerprint density at radius 1 is 1.29 bits per heavy atom. The Morgan fingerprint density at radius 2 is 2.00 bits per heavy atom. The zero-order valence-electron chi connectivity index (χ0n) is 10.0. The summed E-state index contributed by atoms with van der Waals surface area (Å²) in [6, 6.07) is 7.77. The Bertz CT molecular complexity index is 504. The summed E-state index contributed by atoms with van der Waals surface area (Å²) in [7, 11) is 0. The number of thiophene rings is 1. The van der Waals surface area contributed by atoms with E-state index in [2.05, 4.69) is 11.9 Å². The third kappa shape index (κ3) is 2.61. The fourth-order valence-electron chi connectivity index (χ4n) is 1.72. The van der Waals surface area contributed by atoms with Gasteiger partial charge in [0, 0.05) is 23.2 Å². The molecule has 3 heteroatoms. The SMILES string of the molecule is CCc1ccc(C(=O)C(C)c2ccncc2)s1. The molecule has 0 saturated carbocycles. The van der Waals surface area contributed by atoms with Crippen LogP contribution in [-0.4, -0.2) is 10.8 Å². The van der Waals surface area contributed by atoms with E-state index >= 15 is 0 Å². The van der Waals surface area contributed by atoms with E-state index in [0.717, 1.165) is 16.9 Å². The van der Waals surface area contributed by atoms with Crippen LogP contribution in [0.4, 0.5) is 0 Å². The maximum Gasteiger partial charge on any atom is 0.179 e. The number of hydrogen-bond acceptors (Lipinski definition) is 3. The van der Waals surface area contributed by atoms with E-state index < -0.39 is 0 Å². The fourth-order valence-corrected chi connectivity index (χ4v) is 2.69. The van der Waals surface area contributed by atoms with Crippen molar-refractivity contribution < 1.29 is 4.79 Å². The van der Waals surface area contributed by atoms with Gasteiger partial charge in [0.15, 0.2) is 5.78 Å². The molecule has 2 aromatic rings. The second-order valence-corrected chi connectivity index (χ2v) is 5.15. The second-order valence-electron chi connectivity index (χ2n) is 3.99. The van der Waals surface area contributed by atoms with Gasteiger partial charge in [-0.05, 0) is 36.2 Å². The summed E-state index contributed by atoms with van der Waals surface area (Å²) in [5.74, 6) is 0.0993. The molecule has 0 aliphatic rings. The first-order valence-corrected chi connectivity index (χ1v) is 6.57. The number of carbonyl (C=O) groups excluding carboxylic acids is 1. The molecular formula is C14H15NOS. The first-order chi connectivity index (χ1) is 8.22. The van der Waals surface area contributed by atoms with Crippen molar-refractivity contribution in [1.29, 1.82) is 0 Å². The molecule has 0 aromatic carbocycles. The normalized spacial score (nSPS) is 12.4. The number of carbonyl (C=O) groups is 1. The van der Waals surface area contributed by atoms with E-state index in [0.29, 0.717) is 0 Å². The van der Waals surface area contributed by atoms with Crippen LogP contribution in [0.5, 0.6) is 0 Å². The summed E-state index contributed by atoms with van der Waals surface area (Å²) in [6.45, 7) is 4.05. The number of Topliss-reactive ketones (excluding diaryl/α,β-unsaturated/α-hetero) is 1. The Morgan fingerprint density at radius 3 is 2.59 bits per heavy atom. The third-order valence-electron chi connectivity index (χ3n) is 2.85. The molecule has 0 aliphatic heterocycles. The van der Waals surface area contributed by atoms with Gasteiger partial charge in [-0.1, -0.05) is 13.8 Å². The van der Waals surface area contributed by atoms with Gasteiger partial charge in [-0.2, -0.15) is 0 Å². The van der Waals surface area contributed by atoms with E-state index in [-0.39, 0.29) is 11.7 Å². The summed E-state index contributed by atoms with van der Waals surface area (Å²) in [4.78, 5) is 18.3. The van der Waals surface area contributed by atoms with Crippen molar-refractivity contribution in [3.63, 3.8) is 0 Å². The van der Waals surface area contributed by atoms with Crippen molar-refractivity contribution in [2.24, 2.45) is 0 Å². The molecule has 0 fully saturated rings. The Hall–Kier alpha value is -1.48. The van der Waals surface area contributed by atoms with Gasteiger partial charge in [-0.3, -0.25) is 9.78 Å². The van der Waals surface area contributed by atoms with Crippen molar-refractivity contribution in [2.75, 3.05) is 0 Å². The van der Waals surface area contributed by atoms with Crippen molar-refractivity contribution in [3.05, 3.63) is 52.0 Å². The van der Waals surface area contributed by atoms with Gasteiger partial charge in [0.25, 0.3) is 0 Å². The predicted octanol–water partition coefficient (Wildman–Crippen LogP) is 3.69. The van der Waals surface area contributed by atoms with Crippen LogP contribution in [-0.2, 0) is 6.42 Å². The minimum absolute atomic E-state index is 0.0960. The van der Waals surface area contributed by atoms with Crippen molar-refractivity contribution in [1.82, 2.24) is 4.98 Å². The van der Waals surface area contributed by atoms with Crippen LogP contribution in [0.25, 0.3) is 0 Å². The summed E-state index contributed by atoms with van der Waals surface area (Å²) in [5.41, 5.74) is 1.02. The predicted molar refractivity (Wildman–Crippen MR) is 70.7 cm³/mol. The Labute approximate surface area is 105 Å². The Kier molecular flexibility index (Phi) is 3.69. The molecule has 2 rings (SSSR count). The van der Waals surface area contributed by atoms with E-state index in [1.165, 1.54) is 4.88 Å². The minimum atomic E-state index is -0.0960. The van der Waals surface area contributed by atoms with Gasteiger partial charge in [0.05, 0.1) is 4.88 Å². The maximum absolute atomic E-state index is 12.3. The highest BCUT2D eigenvalue weighted by Crippen LogP contribution is 2.25. The van der Waals surface area contributed by atoms with Gasteiger partial charge in [-0.25, -0.2) is 0 Å². The molecule has 2 heterocycles. The van der Waals surface area contributed by atoms with Crippen molar-refractivity contribution in [2.45, 2.75) is 26.2 Å². The van der Waals surface area contributed by atoms with Crippen LogP contribution in [0.2, 0.25) is 0 Å². The molecule has 0 N–H and O–H groups in total. The zero-order valence-corrected chi connectivity index (χ0v) is 10.8. The average molecular weight is 245 g/mol. The fraction of sp³-hybridized carbons (Fsp3) is 0.286. The molecule has 0 aliphatic carbocycles. The lowest BCUT2D eigenvalue weighted by Gasteiger charge is -2.08. The highest BCUT2D eigenvalue weighted by molar-refractivity contribution is 7.14. The second kappa shape index (κ2) is 5.23. The lowest BCUT2D eigenvalue weighted by Crippen LogP contribution is -2.07. The monoisotopic (exact) mass is 245 g/mol. The smallest absolute Gasteiger partial charge is 0.179 e. The number of nitrogens with zero attached hydrogens (tertiary/aromatic N) is 1. The molecule has 0 radical (unpaired) electrons. The number of ketones is 1. The van der Waals surface area contributed by atoms with Crippen LogP contribution in [0, 0.1) is 0 Å². The van der Waals surface area contributed by atoms with Gasteiger partial charge in [-0.15, -0.1) is 11.3 Å². The zero-order chi connectivity index (χ0) is 12.3. The first-order valence-electron chi connectivity index (χ1n) is 5.75. The molecule has 2 aromatic heterocycles. The summed E-state index contributed by atoms with van der Waals surface area (Å²) in [5, 5.41) is 0. The Balaban J connectivity index is 2.20. The van der Waals surface area contributed by atoms with Gasteiger partial charge >= 0.3 is 0 Å². The van der Waals surface area contributed by atoms with Crippen LogP contribution in [0.15, 0.2) is 36.7 Å². The number of pyridine rings is 1. The van der Waals surface area contributed by atoms with Crippen LogP contribution in [0.1, 0.15) is 39.9 Å². The molecule has 17 heavy (non-hydrogen) atoms. The largest absolute Gasteiger partial charge is 0.293 e. The molecule has 1 atom stereocenters. The van der Waals surface area contributed by atoms with Gasteiger partial charge in [0.1, 0.15) is 0 Å². The first kappa shape index (κ1) is 12.0. The molecule has 0 amide bonds. The summed E-state index contributed by atoms with van der Waals surface area (Å²) >= 11 is 1.60. The molecule has 0 saturated heterocycles. The van der Waals surface area contributed by atoms with Gasteiger partial charge in [0.2, 0.25) is 0 Å². The number of aryl methyl sites for hydroxylation is 1. The summed E-state index contributed by atoms with van der Waals surface area (Å²) < 4.78 is 0. The van der Waals surface area contributed by atoms with E-state index in [1.807, 2.05) is 31.2 Å². The number of aromatic nitrogens is 1. The minimum Gasteiger partial charge on any atom is -0.293 e. The lowest BCUT2D eigenvalue weighted by atomic mass is 9.97. The van der Waals surface area contributed by atoms with E-state index in [4.69, 9.17) is 0 Å². The number of hydrogen-bond donors (Lipinski definition) is 0. The molecule has 0 bridgehead atoms. The third-order valence-corrected chi connectivity index (χ3v) is 4.10. The highest BCUT2D eigenvalue weighted by Gasteiger charge is 2.18. The van der Waals surface area contributed by atoms with Crippen LogP contribution in [0.3, 0.4) is 0 Å². The van der Waals surface area contributed by atoms with Crippen molar-refractivity contribution >= 4 is 17.1 Å². The van der Waals surface area contributed by atoms with Crippen LogP contribution >= 0.6 is 11.3 Å². The van der Waals surface area contributed by atoms with E-state index in [9.17, 15) is 4.79 Å². The molecule has 88 valence electrons. The molecule has 2 nitrogen and oxygen atoms in total. The lowest BCUT2D eigenvalue weighted by molar-refractivity contribution is 0.0970. The maximum atomic E-state index is 12.3.